The van der Waals surface area contributed by atoms with Gasteiger partial charge in [0, 0.05) is 19.0 Å². The number of ether oxygens (including phenoxy) is 2. The van der Waals surface area contributed by atoms with E-state index in [2.05, 4.69) is 10.0 Å². The number of rotatable bonds is 3. The van der Waals surface area contributed by atoms with Crippen molar-refractivity contribution in [3.8, 4) is 11.5 Å². The maximum Gasteiger partial charge on any atom is 0.262 e. The fraction of sp³-hybridized carbons (Fsp3) is 0.235. The molecule has 0 saturated heterocycles. The summed E-state index contributed by atoms with van der Waals surface area (Å²) in [6, 6.07) is 9.55. The predicted molar refractivity (Wildman–Crippen MR) is 90.5 cm³/mol. The lowest BCUT2D eigenvalue weighted by atomic mass is 10.1. The average Bonchev–Trinajstić information content (AvgIpc) is 2.82. The topological polar surface area (TPSA) is 93.7 Å². The van der Waals surface area contributed by atoms with Crippen LogP contribution >= 0.6 is 0 Å². The van der Waals surface area contributed by atoms with E-state index in [9.17, 15) is 13.2 Å². The first-order valence-electron chi connectivity index (χ1n) is 7.87. The van der Waals surface area contributed by atoms with Gasteiger partial charge in [0.25, 0.3) is 15.9 Å². The van der Waals surface area contributed by atoms with E-state index in [-0.39, 0.29) is 16.5 Å². The summed E-state index contributed by atoms with van der Waals surface area (Å²) in [7, 11) is -3.87. The number of anilines is 1. The van der Waals surface area contributed by atoms with Gasteiger partial charge in [0.05, 0.1) is 29.4 Å². The van der Waals surface area contributed by atoms with Crippen molar-refractivity contribution in [3.63, 3.8) is 0 Å². The van der Waals surface area contributed by atoms with E-state index in [1.165, 1.54) is 12.1 Å². The minimum atomic E-state index is -3.87. The molecule has 0 aromatic heterocycles. The van der Waals surface area contributed by atoms with Crippen molar-refractivity contribution in [2.45, 2.75) is 17.9 Å². The van der Waals surface area contributed by atoms with Crippen molar-refractivity contribution in [1.29, 1.82) is 0 Å². The van der Waals surface area contributed by atoms with Gasteiger partial charge in [-0.2, -0.15) is 0 Å². The molecule has 0 unspecified atom stereocenters. The van der Waals surface area contributed by atoms with Gasteiger partial charge < -0.3 is 14.8 Å². The molecule has 2 aliphatic rings. The van der Waals surface area contributed by atoms with Crippen LogP contribution in [-0.2, 0) is 16.6 Å². The van der Waals surface area contributed by atoms with Crippen LogP contribution in [0.4, 0.5) is 5.69 Å². The Labute approximate surface area is 145 Å². The molecule has 0 fully saturated rings. The molecule has 8 heteroatoms. The fourth-order valence-corrected chi connectivity index (χ4v) is 3.97. The lowest BCUT2D eigenvalue weighted by Gasteiger charge is -2.13. The lowest BCUT2D eigenvalue weighted by Crippen LogP contribution is -2.17. The van der Waals surface area contributed by atoms with Crippen molar-refractivity contribution < 1.29 is 22.7 Å². The molecule has 7 nitrogen and oxygen atoms in total. The van der Waals surface area contributed by atoms with Gasteiger partial charge in [-0.25, -0.2) is 8.42 Å². The number of carbonyl (C=O) groups is 1. The van der Waals surface area contributed by atoms with Gasteiger partial charge >= 0.3 is 0 Å². The quantitative estimate of drug-likeness (QED) is 0.872. The van der Waals surface area contributed by atoms with Gasteiger partial charge in [0.15, 0.2) is 11.5 Å². The second kappa shape index (κ2) is 5.96. The molecule has 130 valence electrons. The smallest absolute Gasteiger partial charge is 0.262 e. The second-order valence-electron chi connectivity index (χ2n) is 5.79. The minimum Gasteiger partial charge on any atom is -0.490 e. The van der Waals surface area contributed by atoms with Crippen LogP contribution in [0.2, 0.25) is 0 Å². The van der Waals surface area contributed by atoms with Crippen molar-refractivity contribution in [1.82, 2.24) is 5.32 Å². The van der Waals surface area contributed by atoms with Crippen LogP contribution < -0.4 is 19.5 Å². The highest BCUT2D eigenvalue weighted by Crippen LogP contribution is 2.33. The van der Waals surface area contributed by atoms with E-state index in [0.29, 0.717) is 36.8 Å². The Morgan fingerprint density at radius 2 is 1.84 bits per heavy atom. The summed E-state index contributed by atoms with van der Waals surface area (Å²) in [4.78, 5) is 12.0. The minimum absolute atomic E-state index is 0.0489. The van der Waals surface area contributed by atoms with E-state index in [0.717, 1.165) is 12.0 Å². The van der Waals surface area contributed by atoms with Gasteiger partial charge in [0.1, 0.15) is 0 Å². The number of nitrogens with one attached hydrogen (secondary N) is 2. The summed E-state index contributed by atoms with van der Waals surface area (Å²) >= 11 is 0. The molecule has 2 N–H and O–H groups in total. The van der Waals surface area contributed by atoms with Gasteiger partial charge in [-0.3, -0.25) is 9.52 Å². The van der Waals surface area contributed by atoms with E-state index in [1.807, 2.05) is 0 Å². The monoisotopic (exact) mass is 360 g/mol. The van der Waals surface area contributed by atoms with Crippen LogP contribution in [0.5, 0.6) is 11.5 Å². The Bertz CT molecular complexity index is 956. The molecule has 0 aliphatic carbocycles. The second-order valence-corrected chi connectivity index (χ2v) is 7.47. The number of amides is 1. The van der Waals surface area contributed by atoms with Gasteiger partial charge in [-0.1, -0.05) is 12.1 Å². The summed E-state index contributed by atoms with van der Waals surface area (Å²) in [6.45, 7) is 1.40. The van der Waals surface area contributed by atoms with Gasteiger partial charge in [0.2, 0.25) is 0 Å². The molecule has 0 atom stereocenters. The normalized spacial score (nSPS) is 15.9. The zero-order chi connectivity index (χ0) is 17.4. The Kier molecular flexibility index (Phi) is 3.76. The first kappa shape index (κ1) is 15.8. The average molecular weight is 360 g/mol. The molecule has 1 amide bonds. The largest absolute Gasteiger partial charge is 0.490 e. The molecule has 0 bridgehead atoms. The molecular formula is C17H16N2O5S. The Hall–Kier alpha value is -2.74. The number of benzene rings is 2. The first-order valence-corrected chi connectivity index (χ1v) is 9.35. The molecule has 25 heavy (non-hydrogen) atoms. The third-order valence-electron chi connectivity index (χ3n) is 4.09. The fourth-order valence-electron chi connectivity index (χ4n) is 2.88. The molecule has 2 aromatic carbocycles. The summed E-state index contributed by atoms with van der Waals surface area (Å²) in [5.74, 6) is 0.639. The van der Waals surface area contributed by atoms with E-state index >= 15 is 0 Å². The van der Waals surface area contributed by atoms with Gasteiger partial charge in [-0.15, -0.1) is 0 Å². The highest BCUT2D eigenvalue weighted by atomic mass is 32.2. The SMILES string of the molecule is O=C1NCc2cccc(NS(=O)(=O)c3ccc4c(c3)OCCCO4)c21. The van der Waals surface area contributed by atoms with Crippen molar-refractivity contribution in [3.05, 3.63) is 47.5 Å². The summed E-state index contributed by atoms with van der Waals surface area (Å²) < 4.78 is 39.0. The Balaban J connectivity index is 1.69. The third-order valence-corrected chi connectivity index (χ3v) is 5.45. The Morgan fingerprint density at radius 3 is 2.68 bits per heavy atom. The Morgan fingerprint density at radius 1 is 1.04 bits per heavy atom. The lowest BCUT2D eigenvalue weighted by molar-refractivity contribution is 0.0966. The van der Waals surface area contributed by atoms with Crippen LogP contribution in [-0.4, -0.2) is 27.5 Å². The molecule has 2 aromatic rings. The summed E-state index contributed by atoms with van der Waals surface area (Å²) in [5.41, 5.74) is 1.39. The van der Waals surface area contributed by atoms with E-state index in [1.54, 1.807) is 24.3 Å². The van der Waals surface area contributed by atoms with Crippen molar-refractivity contribution in [2.24, 2.45) is 0 Å². The summed E-state index contributed by atoms with van der Waals surface area (Å²) in [5, 5.41) is 2.69. The maximum atomic E-state index is 12.7. The van der Waals surface area contributed by atoms with Crippen LogP contribution in [0.15, 0.2) is 41.3 Å². The number of carbonyl (C=O) groups excluding carboxylic acids is 1. The number of fused-ring (bicyclic) bond motifs is 2. The number of hydrogen-bond donors (Lipinski definition) is 2. The molecule has 0 saturated carbocycles. The zero-order valence-corrected chi connectivity index (χ0v) is 14.1. The van der Waals surface area contributed by atoms with Crippen LogP contribution in [0.3, 0.4) is 0 Å². The highest BCUT2D eigenvalue weighted by Gasteiger charge is 2.26. The number of hydrogen-bond acceptors (Lipinski definition) is 5. The maximum absolute atomic E-state index is 12.7. The number of sulfonamides is 1. The first-order chi connectivity index (χ1) is 12.0. The molecule has 4 rings (SSSR count). The van der Waals surface area contributed by atoms with Crippen LogP contribution in [0.25, 0.3) is 0 Å². The molecule has 2 aliphatic heterocycles. The zero-order valence-electron chi connectivity index (χ0n) is 13.2. The third kappa shape index (κ3) is 2.89. The van der Waals surface area contributed by atoms with E-state index < -0.39 is 10.0 Å². The van der Waals surface area contributed by atoms with Gasteiger partial charge in [-0.05, 0) is 23.8 Å². The molecule has 2 heterocycles. The van der Waals surface area contributed by atoms with Crippen LogP contribution in [0.1, 0.15) is 22.3 Å². The molecular weight excluding hydrogens is 344 g/mol. The predicted octanol–water partition coefficient (Wildman–Crippen LogP) is 1.89. The van der Waals surface area contributed by atoms with Crippen molar-refractivity contribution >= 4 is 21.6 Å². The summed E-state index contributed by atoms with van der Waals surface area (Å²) in [6.07, 6.45) is 0.736. The molecule has 0 spiro atoms. The van der Waals surface area contributed by atoms with Crippen molar-refractivity contribution in [2.75, 3.05) is 17.9 Å². The standard InChI is InChI=1S/C17H16N2O5S/c20-17-16-11(10-18-17)3-1-4-13(16)19-25(21,22)12-5-6-14-15(9-12)24-8-2-7-23-14/h1,3-6,9,19H,2,7-8,10H2,(H,18,20). The van der Waals surface area contributed by atoms with Crippen LogP contribution in [0, 0.1) is 0 Å². The van der Waals surface area contributed by atoms with E-state index in [4.69, 9.17) is 9.47 Å². The molecule has 0 radical (unpaired) electrons. The highest BCUT2D eigenvalue weighted by molar-refractivity contribution is 7.92.